The van der Waals surface area contributed by atoms with Crippen LogP contribution in [0.15, 0.2) is 54.6 Å². The minimum Gasteiger partial charge on any atom is -0.457 e. The SMILES string of the molecule is OCc1nnc(Oc2ccc(Oc3ccccc3)cc2)s1. The van der Waals surface area contributed by atoms with E-state index in [1.165, 1.54) is 11.3 Å². The van der Waals surface area contributed by atoms with Crippen LogP contribution in [0.5, 0.6) is 22.4 Å². The monoisotopic (exact) mass is 300 g/mol. The van der Waals surface area contributed by atoms with E-state index < -0.39 is 0 Å². The number of benzene rings is 2. The molecule has 0 aliphatic rings. The average Bonchev–Trinajstić information content (AvgIpc) is 2.98. The Hall–Kier alpha value is -2.44. The van der Waals surface area contributed by atoms with Crippen LogP contribution in [0.3, 0.4) is 0 Å². The number of aliphatic hydroxyl groups is 1. The summed E-state index contributed by atoms with van der Waals surface area (Å²) < 4.78 is 11.2. The van der Waals surface area contributed by atoms with E-state index in [0.29, 0.717) is 16.0 Å². The number of aliphatic hydroxyl groups excluding tert-OH is 1. The van der Waals surface area contributed by atoms with Crippen LogP contribution in [0.2, 0.25) is 0 Å². The molecule has 21 heavy (non-hydrogen) atoms. The van der Waals surface area contributed by atoms with Crippen molar-refractivity contribution in [2.24, 2.45) is 0 Å². The number of hydrogen-bond acceptors (Lipinski definition) is 6. The third kappa shape index (κ3) is 3.56. The molecule has 1 heterocycles. The lowest BCUT2D eigenvalue weighted by Gasteiger charge is -2.06. The standard InChI is InChI=1S/C15H12N2O3S/c18-10-14-16-17-15(21-14)20-13-8-6-12(7-9-13)19-11-4-2-1-3-5-11/h1-9,18H,10H2. The van der Waals surface area contributed by atoms with Gasteiger partial charge in [-0.25, -0.2) is 0 Å². The van der Waals surface area contributed by atoms with Gasteiger partial charge in [0.05, 0.1) is 6.61 Å². The normalized spacial score (nSPS) is 10.3. The van der Waals surface area contributed by atoms with Gasteiger partial charge in [0.15, 0.2) is 0 Å². The maximum absolute atomic E-state index is 8.93. The van der Waals surface area contributed by atoms with E-state index in [-0.39, 0.29) is 6.61 Å². The average molecular weight is 300 g/mol. The predicted octanol–water partition coefficient (Wildman–Crippen LogP) is 3.62. The van der Waals surface area contributed by atoms with Crippen LogP contribution >= 0.6 is 11.3 Å². The largest absolute Gasteiger partial charge is 0.457 e. The van der Waals surface area contributed by atoms with Crippen molar-refractivity contribution in [1.29, 1.82) is 0 Å². The topological polar surface area (TPSA) is 64.5 Å². The van der Waals surface area contributed by atoms with Crippen molar-refractivity contribution in [2.75, 3.05) is 0 Å². The molecule has 0 fully saturated rings. The first-order valence-corrected chi connectivity index (χ1v) is 7.09. The van der Waals surface area contributed by atoms with Gasteiger partial charge in [-0.15, -0.1) is 5.10 Å². The van der Waals surface area contributed by atoms with Gasteiger partial charge >= 0.3 is 0 Å². The Morgan fingerprint density at radius 3 is 2.05 bits per heavy atom. The second-order valence-electron chi connectivity index (χ2n) is 4.11. The molecule has 0 aliphatic heterocycles. The van der Waals surface area contributed by atoms with E-state index in [4.69, 9.17) is 14.6 Å². The summed E-state index contributed by atoms with van der Waals surface area (Å²) in [6.07, 6.45) is 0. The predicted molar refractivity (Wildman–Crippen MR) is 78.9 cm³/mol. The zero-order valence-corrected chi connectivity index (χ0v) is 11.8. The molecule has 5 nitrogen and oxygen atoms in total. The molecule has 3 aromatic rings. The molecule has 0 bridgehead atoms. The summed E-state index contributed by atoms with van der Waals surface area (Å²) in [6, 6.07) is 16.8. The van der Waals surface area contributed by atoms with Gasteiger partial charge in [0.2, 0.25) is 0 Å². The van der Waals surface area contributed by atoms with Crippen LogP contribution in [0.4, 0.5) is 0 Å². The van der Waals surface area contributed by atoms with Crippen molar-refractivity contribution in [3.63, 3.8) is 0 Å². The van der Waals surface area contributed by atoms with Gasteiger partial charge in [-0.2, -0.15) is 0 Å². The van der Waals surface area contributed by atoms with E-state index in [2.05, 4.69) is 10.2 Å². The van der Waals surface area contributed by atoms with Crippen molar-refractivity contribution in [1.82, 2.24) is 10.2 Å². The second-order valence-corrected chi connectivity index (χ2v) is 5.13. The Kier molecular flexibility index (Phi) is 4.09. The molecule has 0 saturated carbocycles. The zero-order valence-electron chi connectivity index (χ0n) is 11.0. The number of hydrogen-bond donors (Lipinski definition) is 1. The zero-order chi connectivity index (χ0) is 14.5. The lowest BCUT2D eigenvalue weighted by molar-refractivity contribution is 0.280. The first kappa shape index (κ1) is 13.5. The Morgan fingerprint density at radius 1 is 0.810 bits per heavy atom. The third-order valence-electron chi connectivity index (χ3n) is 2.59. The minimum atomic E-state index is -0.134. The molecule has 106 valence electrons. The third-order valence-corrected chi connectivity index (χ3v) is 3.38. The lowest BCUT2D eigenvalue weighted by Crippen LogP contribution is -1.85. The Balaban J connectivity index is 1.66. The summed E-state index contributed by atoms with van der Waals surface area (Å²) in [4.78, 5) is 0. The van der Waals surface area contributed by atoms with E-state index in [1.807, 2.05) is 42.5 Å². The van der Waals surface area contributed by atoms with Gasteiger partial charge in [-0.1, -0.05) is 34.6 Å². The highest BCUT2D eigenvalue weighted by molar-refractivity contribution is 7.13. The summed E-state index contributed by atoms with van der Waals surface area (Å²) in [7, 11) is 0. The number of ether oxygens (including phenoxy) is 2. The van der Waals surface area contributed by atoms with E-state index in [9.17, 15) is 0 Å². The highest BCUT2D eigenvalue weighted by Crippen LogP contribution is 2.28. The maximum Gasteiger partial charge on any atom is 0.299 e. The number of rotatable bonds is 5. The van der Waals surface area contributed by atoms with Gasteiger partial charge in [-0.05, 0) is 36.4 Å². The van der Waals surface area contributed by atoms with Crippen LogP contribution in [0, 0.1) is 0 Å². The molecule has 0 aliphatic carbocycles. The highest BCUT2D eigenvalue weighted by Gasteiger charge is 2.05. The molecule has 2 aromatic carbocycles. The summed E-state index contributed by atoms with van der Waals surface area (Å²) in [5.41, 5.74) is 0. The molecule has 1 aromatic heterocycles. The fourth-order valence-corrected chi connectivity index (χ4v) is 2.21. The fourth-order valence-electron chi connectivity index (χ4n) is 1.64. The molecule has 0 atom stereocenters. The molecule has 0 spiro atoms. The van der Waals surface area contributed by atoms with E-state index in [1.54, 1.807) is 12.1 Å². The van der Waals surface area contributed by atoms with E-state index in [0.717, 1.165) is 11.5 Å². The summed E-state index contributed by atoms with van der Waals surface area (Å²) in [5, 5.41) is 17.5. The van der Waals surface area contributed by atoms with Gasteiger partial charge in [0, 0.05) is 0 Å². The van der Waals surface area contributed by atoms with E-state index >= 15 is 0 Å². The van der Waals surface area contributed by atoms with Crippen LogP contribution in [0.25, 0.3) is 0 Å². The van der Waals surface area contributed by atoms with Crippen molar-refractivity contribution in [3.05, 3.63) is 59.6 Å². The van der Waals surface area contributed by atoms with Crippen LogP contribution in [-0.2, 0) is 6.61 Å². The smallest absolute Gasteiger partial charge is 0.299 e. The van der Waals surface area contributed by atoms with Crippen molar-refractivity contribution >= 4 is 11.3 Å². The Bertz CT molecular complexity index is 698. The lowest BCUT2D eigenvalue weighted by atomic mass is 10.3. The summed E-state index contributed by atoms with van der Waals surface area (Å²) in [6.45, 7) is -0.134. The molecule has 0 unspecified atom stereocenters. The molecule has 0 amide bonds. The van der Waals surface area contributed by atoms with Gasteiger partial charge in [0.25, 0.3) is 5.19 Å². The molecule has 3 rings (SSSR count). The van der Waals surface area contributed by atoms with Crippen LogP contribution < -0.4 is 9.47 Å². The molecule has 0 saturated heterocycles. The van der Waals surface area contributed by atoms with Crippen LogP contribution in [-0.4, -0.2) is 15.3 Å². The number of nitrogens with zero attached hydrogens (tertiary/aromatic N) is 2. The first-order valence-electron chi connectivity index (χ1n) is 6.27. The van der Waals surface area contributed by atoms with Gasteiger partial charge < -0.3 is 14.6 Å². The van der Waals surface area contributed by atoms with Crippen LogP contribution in [0.1, 0.15) is 5.01 Å². The van der Waals surface area contributed by atoms with Crippen molar-refractivity contribution in [3.8, 4) is 22.4 Å². The molecular formula is C15H12N2O3S. The number of aromatic nitrogens is 2. The highest BCUT2D eigenvalue weighted by atomic mass is 32.1. The molecule has 1 N–H and O–H groups in total. The maximum atomic E-state index is 8.93. The van der Waals surface area contributed by atoms with Crippen molar-refractivity contribution in [2.45, 2.75) is 6.61 Å². The second kappa shape index (κ2) is 6.34. The fraction of sp³-hybridized carbons (Fsp3) is 0.0667. The molecule has 0 radical (unpaired) electrons. The molecule has 6 heteroatoms. The molecular weight excluding hydrogens is 288 g/mol. The summed E-state index contributed by atoms with van der Waals surface area (Å²) >= 11 is 1.21. The summed E-state index contributed by atoms with van der Waals surface area (Å²) in [5.74, 6) is 2.14. The number of para-hydroxylation sites is 1. The minimum absolute atomic E-state index is 0.134. The van der Waals surface area contributed by atoms with Gasteiger partial charge in [-0.3, -0.25) is 0 Å². The van der Waals surface area contributed by atoms with Gasteiger partial charge in [0.1, 0.15) is 22.3 Å². The Morgan fingerprint density at radius 2 is 1.43 bits per heavy atom. The van der Waals surface area contributed by atoms with Crippen molar-refractivity contribution < 1.29 is 14.6 Å². The quantitative estimate of drug-likeness (QED) is 0.779. The Labute approximate surface area is 125 Å². The first-order chi connectivity index (χ1) is 10.3.